The third kappa shape index (κ3) is 3.40. The molecule has 0 radical (unpaired) electrons. The molecule has 1 aliphatic rings. The smallest absolute Gasteiger partial charge is 0.252 e. The van der Waals surface area contributed by atoms with Crippen molar-refractivity contribution in [2.45, 2.75) is 50.4 Å². The molecule has 0 aromatic heterocycles. The van der Waals surface area contributed by atoms with Crippen LogP contribution in [-0.4, -0.2) is 27.8 Å². The van der Waals surface area contributed by atoms with E-state index >= 15 is 0 Å². The van der Waals surface area contributed by atoms with E-state index in [2.05, 4.69) is 21.2 Å². The minimum Gasteiger partial charge on any atom is -0.386 e. The number of aliphatic hydroxyl groups excluding tert-OH is 1. The second kappa shape index (κ2) is 6.24. The summed E-state index contributed by atoms with van der Waals surface area (Å²) in [6.45, 7) is 1.74. The van der Waals surface area contributed by atoms with Gasteiger partial charge in [0.25, 0.3) is 5.91 Å². The lowest BCUT2D eigenvalue weighted by atomic mass is 9.99. The maximum atomic E-state index is 12.1. The van der Waals surface area contributed by atoms with Crippen molar-refractivity contribution in [2.24, 2.45) is 0 Å². The number of aliphatic hydroxyl groups is 2. The van der Waals surface area contributed by atoms with Gasteiger partial charge in [-0.1, -0.05) is 28.1 Å². The first-order valence-electron chi connectivity index (χ1n) is 6.89. The SMILES string of the molecule is CC(NC(=O)C1(O)CCCC1)C(O)c1ccc(Br)cc1. The maximum Gasteiger partial charge on any atom is 0.252 e. The summed E-state index contributed by atoms with van der Waals surface area (Å²) in [5.74, 6) is -0.376. The lowest BCUT2D eigenvalue weighted by Crippen LogP contribution is -2.49. The monoisotopic (exact) mass is 341 g/mol. The lowest BCUT2D eigenvalue weighted by Gasteiger charge is -2.26. The zero-order valence-corrected chi connectivity index (χ0v) is 13.1. The molecule has 0 spiro atoms. The highest BCUT2D eigenvalue weighted by molar-refractivity contribution is 9.10. The van der Waals surface area contributed by atoms with Crippen LogP contribution in [0, 0.1) is 0 Å². The van der Waals surface area contributed by atoms with Crippen LogP contribution >= 0.6 is 15.9 Å². The van der Waals surface area contributed by atoms with E-state index in [0.717, 1.165) is 22.9 Å². The number of rotatable bonds is 4. The van der Waals surface area contributed by atoms with E-state index in [1.165, 1.54) is 0 Å². The van der Waals surface area contributed by atoms with Crippen molar-refractivity contribution < 1.29 is 15.0 Å². The summed E-state index contributed by atoms with van der Waals surface area (Å²) in [6.07, 6.45) is 1.94. The minimum absolute atomic E-state index is 0.376. The van der Waals surface area contributed by atoms with Gasteiger partial charge in [0, 0.05) is 4.47 Å². The van der Waals surface area contributed by atoms with Gasteiger partial charge in [-0.2, -0.15) is 0 Å². The van der Waals surface area contributed by atoms with E-state index < -0.39 is 17.7 Å². The molecule has 0 saturated heterocycles. The van der Waals surface area contributed by atoms with Crippen LogP contribution in [0.15, 0.2) is 28.7 Å². The van der Waals surface area contributed by atoms with Crippen molar-refractivity contribution in [2.75, 3.05) is 0 Å². The fraction of sp³-hybridized carbons (Fsp3) is 0.533. The number of nitrogens with one attached hydrogen (secondary N) is 1. The number of halogens is 1. The summed E-state index contributed by atoms with van der Waals surface area (Å²) >= 11 is 3.34. The van der Waals surface area contributed by atoms with E-state index in [1.807, 2.05) is 24.3 Å². The van der Waals surface area contributed by atoms with Gasteiger partial charge in [0.05, 0.1) is 12.1 Å². The Bertz CT molecular complexity index is 469. The number of amides is 1. The van der Waals surface area contributed by atoms with Gasteiger partial charge in [-0.05, 0) is 50.3 Å². The molecule has 1 fully saturated rings. The highest BCUT2D eigenvalue weighted by atomic mass is 79.9. The topological polar surface area (TPSA) is 69.6 Å². The predicted molar refractivity (Wildman–Crippen MR) is 80.1 cm³/mol. The molecule has 1 amide bonds. The molecule has 20 heavy (non-hydrogen) atoms. The van der Waals surface area contributed by atoms with Gasteiger partial charge < -0.3 is 15.5 Å². The Hall–Kier alpha value is -0.910. The van der Waals surface area contributed by atoms with Gasteiger partial charge in [-0.15, -0.1) is 0 Å². The molecule has 1 saturated carbocycles. The molecule has 1 aromatic rings. The van der Waals surface area contributed by atoms with Crippen molar-refractivity contribution in [1.82, 2.24) is 5.32 Å². The van der Waals surface area contributed by atoms with Gasteiger partial charge in [-0.25, -0.2) is 0 Å². The Morgan fingerprint density at radius 2 is 1.85 bits per heavy atom. The molecule has 2 atom stereocenters. The molecule has 110 valence electrons. The summed E-state index contributed by atoms with van der Waals surface area (Å²) < 4.78 is 0.936. The first-order valence-corrected chi connectivity index (χ1v) is 7.68. The molecule has 0 heterocycles. The quantitative estimate of drug-likeness (QED) is 0.786. The summed E-state index contributed by atoms with van der Waals surface area (Å²) in [5.41, 5.74) is -0.521. The fourth-order valence-electron chi connectivity index (χ4n) is 2.56. The number of benzene rings is 1. The summed E-state index contributed by atoms with van der Waals surface area (Å²) in [6, 6.07) is 6.85. The van der Waals surface area contributed by atoms with E-state index in [4.69, 9.17) is 0 Å². The third-order valence-electron chi connectivity index (χ3n) is 3.90. The first-order chi connectivity index (χ1) is 9.42. The Morgan fingerprint density at radius 1 is 1.30 bits per heavy atom. The van der Waals surface area contributed by atoms with Crippen LogP contribution in [0.2, 0.25) is 0 Å². The van der Waals surface area contributed by atoms with E-state index in [-0.39, 0.29) is 5.91 Å². The Kier molecular flexibility index (Phi) is 4.83. The zero-order valence-electron chi connectivity index (χ0n) is 11.5. The summed E-state index contributed by atoms with van der Waals surface area (Å²) in [5, 5.41) is 23.2. The van der Waals surface area contributed by atoms with Gasteiger partial charge in [0.2, 0.25) is 0 Å². The van der Waals surface area contributed by atoms with Gasteiger partial charge in [0.1, 0.15) is 5.60 Å². The molecule has 2 unspecified atom stereocenters. The molecular formula is C15H20BrNO3. The number of hydrogen-bond donors (Lipinski definition) is 3. The van der Waals surface area contributed by atoms with Crippen LogP contribution in [-0.2, 0) is 4.79 Å². The molecular weight excluding hydrogens is 322 g/mol. The summed E-state index contributed by atoms with van der Waals surface area (Å²) in [7, 11) is 0. The van der Waals surface area contributed by atoms with Crippen molar-refractivity contribution in [3.63, 3.8) is 0 Å². The second-order valence-corrected chi connectivity index (χ2v) is 6.41. The molecule has 0 bridgehead atoms. The van der Waals surface area contributed by atoms with Crippen LogP contribution in [0.5, 0.6) is 0 Å². The van der Waals surface area contributed by atoms with Crippen LogP contribution < -0.4 is 5.32 Å². The van der Waals surface area contributed by atoms with Crippen molar-refractivity contribution in [1.29, 1.82) is 0 Å². The lowest BCUT2D eigenvalue weighted by molar-refractivity contribution is -0.140. The van der Waals surface area contributed by atoms with E-state index in [9.17, 15) is 15.0 Å². The Labute approximate surface area is 127 Å². The average molecular weight is 342 g/mol. The van der Waals surface area contributed by atoms with Gasteiger partial charge >= 0.3 is 0 Å². The number of hydrogen-bond acceptors (Lipinski definition) is 3. The number of carbonyl (C=O) groups excluding carboxylic acids is 1. The van der Waals surface area contributed by atoms with Gasteiger partial charge in [-0.3, -0.25) is 4.79 Å². The van der Waals surface area contributed by atoms with E-state index in [1.54, 1.807) is 6.92 Å². The second-order valence-electron chi connectivity index (χ2n) is 5.50. The predicted octanol–water partition coefficient (Wildman–Crippen LogP) is 2.29. The molecule has 5 heteroatoms. The highest BCUT2D eigenvalue weighted by Gasteiger charge is 2.39. The Balaban J connectivity index is 1.98. The zero-order chi connectivity index (χ0) is 14.8. The normalized spacial score (nSPS) is 20.4. The molecule has 4 nitrogen and oxygen atoms in total. The molecule has 2 rings (SSSR count). The largest absolute Gasteiger partial charge is 0.386 e. The highest BCUT2D eigenvalue weighted by Crippen LogP contribution is 2.30. The third-order valence-corrected chi connectivity index (χ3v) is 4.43. The summed E-state index contributed by atoms with van der Waals surface area (Å²) in [4.78, 5) is 12.1. The fourth-order valence-corrected chi connectivity index (χ4v) is 2.82. The van der Waals surface area contributed by atoms with Crippen molar-refractivity contribution >= 4 is 21.8 Å². The van der Waals surface area contributed by atoms with Crippen molar-refractivity contribution in [3.8, 4) is 0 Å². The van der Waals surface area contributed by atoms with Crippen LogP contribution in [0.1, 0.15) is 44.3 Å². The van der Waals surface area contributed by atoms with E-state index in [0.29, 0.717) is 12.8 Å². The Morgan fingerprint density at radius 3 is 2.40 bits per heavy atom. The molecule has 1 aliphatic carbocycles. The average Bonchev–Trinajstić information content (AvgIpc) is 2.87. The molecule has 1 aromatic carbocycles. The van der Waals surface area contributed by atoms with Gasteiger partial charge in [0.15, 0.2) is 0 Å². The van der Waals surface area contributed by atoms with Crippen molar-refractivity contribution in [3.05, 3.63) is 34.3 Å². The van der Waals surface area contributed by atoms with Crippen LogP contribution in [0.3, 0.4) is 0 Å². The minimum atomic E-state index is -1.26. The van der Waals surface area contributed by atoms with Crippen LogP contribution in [0.25, 0.3) is 0 Å². The standard InChI is InChI=1S/C15H20BrNO3/c1-10(13(18)11-4-6-12(16)7-5-11)17-14(19)15(20)8-2-3-9-15/h4-7,10,13,18,20H,2-3,8-9H2,1H3,(H,17,19). The molecule has 3 N–H and O–H groups in total. The number of carbonyl (C=O) groups is 1. The molecule has 0 aliphatic heterocycles. The van der Waals surface area contributed by atoms with Crippen LogP contribution in [0.4, 0.5) is 0 Å². The maximum absolute atomic E-state index is 12.1. The first kappa shape index (κ1) is 15.5.